The molecule has 7 nitrogen and oxygen atoms in total. The highest BCUT2D eigenvalue weighted by Gasteiger charge is 2.73. The van der Waals surface area contributed by atoms with Crippen LogP contribution in [0.25, 0.3) is 16.9 Å². The molecule has 0 aliphatic heterocycles. The van der Waals surface area contributed by atoms with E-state index in [-0.39, 0.29) is 34.9 Å². The van der Waals surface area contributed by atoms with Crippen molar-refractivity contribution in [2.24, 2.45) is 0 Å². The third kappa shape index (κ3) is 4.84. The van der Waals surface area contributed by atoms with Crippen molar-refractivity contribution in [3.8, 4) is 22.7 Å². The molecule has 0 fully saturated rings. The van der Waals surface area contributed by atoms with Crippen molar-refractivity contribution < 1.29 is 45.0 Å². The van der Waals surface area contributed by atoms with E-state index >= 15 is 0 Å². The molecular formula is C22H19F7N4O3. The van der Waals surface area contributed by atoms with Gasteiger partial charge < -0.3 is 9.47 Å². The molecule has 0 spiro atoms. The second-order valence-electron chi connectivity index (χ2n) is 7.75. The lowest BCUT2D eigenvalue weighted by Crippen LogP contribution is -2.50. The van der Waals surface area contributed by atoms with Crippen LogP contribution in [0, 0.1) is 20.8 Å². The van der Waals surface area contributed by atoms with E-state index in [2.05, 4.69) is 15.3 Å². The summed E-state index contributed by atoms with van der Waals surface area (Å²) in [6.45, 7) is 5.71. The number of aromatic nitrogens is 4. The number of nitrogens with zero attached hydrogens (tertiary/aromatic N) is 4. The number of rotatable bonds is 5. The van der Waals surface area contributed by atoms with E-state index in [1.165, 1.54) is 32.3 Å². The molecule has 0 saturated heterocycles. The molecule has 0 amide bonds. The van der Waals surface area contributed by atoms with Crippen molar-refractivity contribution >= 4 is 6.16 Å². The Morgan fingerprint density at radius 1 is 0.972 bits per heavy atom. The molecule has 1 aromatic carbocycles. The second-order valence-corrected chi connectivity index (χ2v) is 7.75. The lowest BCUT2D eigenvalue weighted by atomic mass is 9.90. The van der Waals surface area contributed by atoms with Crippen LogP contribution in [0.3, 0.4) is 0 Å². The Morgan fingerprint density at radius 2 is 1.56 bits per heavy atom. The van der Waals surface area contributed by atoms with Gasteiger partial charge in [-0.15, -0.1) is 5.10 Å². The number of ether oxygens (including phenoxy) is 2. The summed E-state index contributed by atoms with van der Waals surface area (Å²) in [4.78, 5) is 15.7. The fourth-order valence-electron chi connectivity index (χ4n) is 3.50. The normalized spacial score (nSPS) is 12.5. The molecule has 3 aromatic rings. The van der Waals surface area contributed by atoms with Crippen LogP contribution in [0.2, 0.25) is 0 Å². The largest absolute Gasteiger partial charge is 0.513 e. The summed E-state index contributed by atoms with van der Waals surface area (Å²) in [5, 5.41) is 7.83. The van der Waals surface area contributed by atoms with Gasteiger partial charge in [0.05, 0.1) is 24.2 Å². The Balaban J connectivity index is 2.02. The topological polar surface area (TPSA) is 79.1 Å². The number of hydrogen-bond donors (Lipinski definition) is 0. The highest BCUT2D eigenvalue weighted by Crippen LogP contribution is 2.53. The summed E-state index contributed by atoms with van der Waals surface area (Å²) in [5.74, 6) is 0.0794. The van der Waals surface area contributed by atoms with E-state index in [4.69, 9.17) is 9.47 Å². The van der Waals surface area contributed by atoms with Gasteiger partial charge in [-0.2, -0.15) is 26.3 Å². The SMILES string of the molecule is CCOC(=O)Oc1cc(-c2cn(-c3c(C)cc(C(F)(C(F)(F)F)C(F)(F)F)cc3C)nn2)cnc1C. The standard InChI is InChI=1S/C22H19F7N4O3/c1-5-35-19(34)36-17-8-14(9-30-13(17)4)16-10-33(32-31-16)18-11(2)6-15(7-12(18)3)20(23,21(24,25)26)22(27,28)29/h6-10H,5H2,1-4H3. The van der Waals surface area contributed by atoms with Gasteiger partial charge in [0, 0.05) is 17.3 Å². The summed E-state index contributed by atoms with van der Waals surface area (Å²) in [7, 11) is 0. The number of pyridine rings is 1. The van der Waals surface area contributed by atoms with Crippen LogP contribution in [0.4, 0.5) is 35.5 Å². The first-order valence-corrected chi connectivity index (χ1v) is 10.3. The van der Waals surface area contributed by atoms with E-state index < -0.39 is 29.7 Å². The molecule has 2 aromatic heterocycles. The molecule has 194 valence electrons. The molecule has 2 heterocycles. The summed E-state index contributed by atoms with van der Waals surface area (Å²) < 4.78 is 105. The molecule has 0 bridgehead atoms. The Bertz CT molecular complexity index is 1250. The molecule has 0 atom stereocenters. The van der Waals surface area contributed by atoms with Crippen LogP contribution < -0.4 is 4.74 Å². The number of aryl methyl sites for hydroxylation is 3. The number of alkyl halides is 7. The predicted octanol–water partition coefficient (Wildman–Crippen LogP) is 6.08. The van der Waals surface area contributed by atoms with Gasteiger partial charge in [-0.1, -0.05) is 17.3 Å². The Morgan fingerprint density at radius 3 is 2.08 bits per heavy atom. The van der Waals surface area contributed by atoms with Crippen molar-refractivity contribution in [1.29, 1.82) is 0 Å². The number of carbonyl (C=O) groups excluding carboxylic acids is 1. The molecule has 0 N–H and O–H groups in total. The van der Waals surface area contributed by atoms with Crippen LogP contribution in [0.1, 0.15) is 29.3 Å². The van der Waals surface area contributed by atoms with Gasteiger partial charge in [-0.3, -0.25) is 4.98 Å². The minimum Gasteiger partial charge on any atom is -0.434 e. The van der Waals surface area contributed by atoms with Crippen molar-refractivity contribution in [1.82, 2.24) is 20.0 Å². The Labute approximate surface area is 199 Å². The first kappa shape index (κ1) is 26.9. The number of carbonyl (C=O) groups is 1. The fourth-order valence-corrected chi connectivity index (χ4v) is 3.50. The van der Waals surface area contributed by atoms with Crippen molar-refractivity contribution in [2.75, 3.05) is 6.61 Å². The van der Waals surface area contributed by atoms with E-state index in [9.17, 15) is 35.5 Å². The second kappa shape index (κ2) is 9.39. The minimum atomic E-state index is -6.23. The van der Waals surface area contributed by atoms with Crippen molar-refractivity contribution in [3.63, 3.8) is 0 Å². The van der Waals surface area contributed by atoms with Crippen LogP contribution in [0.15, 0.2) is 30.6 Å². The van der Waals surface area contributed by atoms with E-state index in [0.717, 1.165) is 4.68 Å². The molecule has 14 heteroatoms. The number of hydrogen-bond acceptors (Lipinski definition) is 6. The zero-order valence-corrected chi connectivity index (χ0v) is 19.3. The predicted molar refractivity (Wildman–Crippen MR) is 111 cm³/mol. The molecular weight excluding hydrogens is 501 g/mol. The van der Waals surface area contributed by atoms with Crippen molar-refractivity contribution in [3.05, 3.63) is 53.0 Å². The smallest absolute Gasteiger partial charge is 0.434 e. The highest BCUT2D eigenvalue weighted by molar-refractivity contribution is 5.67. The maximum atomic E-state index is 14.5. The van der Waals surface area contributed by atoms with E-state index in [1.807, 2.05) is 0 Å². The molecule has 36 heavy (non-hydrogen) atoms. The fraction of sp³-hybridized carbons (Fsp3) is 0.364. The maximum Gasteiger partial charge on any atom is 0.513 e. The molecule has 0 aliphatic rings. The third-order valence-corrected chi connectivity index (χ3v) is 5.18. The summed E-state index contributed by atoms with van der Waals surface area (Å²) >= 11 is 0. The average Bonchev–Trinajstić information content (AvgIpc) is 3.22. The summed E-state index contributed by atoms with van der Waals surface area (Å²) in [6, 6.07) is 2.38. The Kier molecular flexibility index (Phi) is 7.01. The molecule has 0 saturated carbocycles. The van der Waals surface area contributed by atoms with Gasteiger partial charge in [-0.05, 0) is 44.9 Å². The first-order valence-electron chi connectivity index (χ1n) is 10.3. The van der Waals surface area contributed by atoms with Gasteiger partial charge in [-0.25, -0.2) is 13.9 Å². The van der Waals surface area contributed by atoms with Crippen molar-refractivity contribution in [2.45, 2.75) is 45.7 Å². The van der Waals surface area contributed by atoms with Crippen LogP contribution in [-0.4, -0.2) is 45.1 Å². The molecule has 0 unspecified atom stereocenters. The first-order chi connectivity index (χ1) is 16.6. The van der Waals surface area contributed by atoms with Gasteiger partial charge in [0.15, 0.2) is 5.75 Å². The molecule has 0 radical (unpaired) electrons. The van der Waals surface area contributed by atoms with Crippen LogP contribution in [-0.2, 0) is 10.4 Å². The van der Waals surface area contributed by atoms with E-state index in [1.54, 1.807) is 13.8 Å². The average molecular weight is 520 g/mol. The zero-order valence-electron chi connectivity index (χ0n) is 19.3. The molecule has 3 rings (SSSR count). The Hall–Kier alpha value is -3.71. The lowest BCUT2D eigenvalue weighted by Gasteiger charge is -2.31. The minimum absolute atomic E-state index is 0.0794. The monoisotopic (exact) mass is 520 g/mol. The van der Waals surface area contributed by atoms with Crippen LogP contribution in [0.5, 0.6) is 5.75 Å². The summed E-state index contributed by atoms with van der Waals surface area (Å²) in [6.07, 6.45) is -10.7. The summed E-state index contributed by atoms with van der Waals surface area (Å²) in [5.41, 5.74) is -6.34. The van der Waals surface area contributed by atoms with Crippen LogP contribution >= 0.6 is 0 Å². The van der Waals surface area contributed by atoms with Gasteiger partial charge >= 0.3 is 24.2 Å². The lowest BCUT2D eigenvalue weighted by molar-refractivity contribution is -0.348. The van der Waals surface area contributed by atoms with Gasteiger partial charge in [0.1, 0.15) is 5.69 Å². The third-order valence-electron chi connectivity index (χ3n) is 5.18. The quantitative estimate of drug-likeness (QED) is 0.300. The number of benzene rings is 1. The zero-order chi connectivity index (χ0) is 27.1. The van der Waals surface area contributed by atoms with Gasteiger partial charge in [0.2, 0.25) is 0 Å². The number of halogens is 7. The highest BCUT2D eigenvalue weighted by atomic mass is 19.4. The molecule has 0 aliphatic carbocycles. The van der Waals surface area contributed by atoms with E-state index in [0.29, 0.717) is 23.4 Å². The maximum absolute atomic E-state index is 14.5. The van der Waals surface area contributed by atoms with Gasteiger partial charge in [0.25, 0.3) is 0 Å².